The zero-order chi connectivity index (χ0) is 27.9. The molecule has 12 nitrogen and oxygen atoms in total. The molecule has 0 aromatic heterocycles. The number of likely N-dealkylation sites (tertiary alicyclic amines) is 1. The number of aliphatic carboxylic acids is 1. The first kappa shape index (κ1) is 29.9. The standard InChI is InChI=1S/C25H40N4O8S/c1-4-5-10-28(11-6-8-26)22(30)15-29-14-18(17-12-20(35-2)24-21(13-17)36-16-37-24)23(25(31)32)19(29)7-9-27-38(3,33)34/h12-13,18-19,23,27H,4-11,14-16,26H2,1-3H3,(H,31,32)/t18-,19+,23-/m1/s1. The highest BCUT2D eigenvalue weighted by molar-refractivity contribution is 7.88. The van der Waals surface area contributed by atoms with Crippen molar-refractivity contribution in [3.63, 3.8) is 0 Å². The Morgan fingerprint density at radius 2 is 2.00 bits per heavy atom. The SMILES string of the molecule is CCCCN(CCCN)C(=O)CN1C[C@H](c2cc(OC)c3c(c2)OCO3)[C@@H](C(=O)O)[C@@H]1CCNS(C)(=O)=O. The molecule has 1 saturated heterocycles. The molecule has 214 valence electrons. The maximum absolute atomic E-state index is 13.4. The van der Waals surface area contributed by atoms with Crippen LogP contribution in [0.1, 0.15) is 44.1 Å². The summed E-state index contributed by atoms with van der Waals surface area (Å²) in [7, 11) is -1.96. The van der Waals surface area contributed by atoms with Gasteiger partial charge in [-0.15, -0.1) is 0 Å². The highest BCUT2D eigenvalue weighted by Gasteiger charge is 2.47. The van der Waals surface area contributed by atoms with E-state index in [9.17, 15) is 23.1 Å². The summed E-state index contributed by atoms with van der Waals surface area (Å²) in [4.78, 5) is 29.7. The van der Waals surface area contributed by atoms with Gasteiger partial charge >= 0.3 is 5.97 Å². The number of fused-ring (bicyclic) bond motifs is 1. The van der Waals surface area contributed by atoms with E-state index in [4.69, 9.17) is 19.9 Å². The van der Waals surface area contributed by atoms with Crippen LogP contribution in [0.3, 0.4) is 0 Å². The van der Waals surface area contributed by atoms with Crippen LogP contribution in [0.15, 0.2) is 12.1 Å². The second-order valence-corrected chi connectivity index (χ2v) is 11.6. The number of amides is 1. The largest absolute Gasteiger partial charge is 0.493 e. The minimum atomic E-state index is -3.46. The zero-order valence-corrected chi connectivity index (χ0v) is 23.2. The van der Waals surface area contributed by atoms with Crippen molar-refractivity contribution in [1.29, 1.82) is 0 Å². The van der Waals surface area contributed by atoms with E-state index >= 15 is 0 Å². The molecule has 0 radical (unpaired) electrons. The van der Waals surface area contributed by atoms with Gasteiger partial charge in [0.1, 0.15) is 0 Å². The first-order valence-electron chi connectivity index (χ1n) is 13.0. The molecule has 0 spiro atoms. The van der Waals surface area contributed by atoms with E-state index in [1.165, 1.54) is 7.11 Å². The highest BCUT2D eigenvalue weighted by atomic mass is 32.2. The molecule has 38 heavy (non-hydrogen) atoms. The number of nitrogens with one attached hydrogen (secondary N) is 1. The summed E-state index contributed by atoms with van der Waals surface area (Å²) in [6, 6.07) is 2.94. The van der Waals surface area contributed by atoms with Crippen LogP contribution in [-0.2, 0) is 19.6 Å². The van der Waals surface area contributed by atoms with Gasteiger partial charge in [0.2, 0.25) is 28.5 Å². The number of nitrogens with zero attached hydrogens (tertiary/aromatic N) is 2. The van der Waals surface area contributed by atoms with Crippen LogP contribution in [0.5, 0.6) is 17.2 Å². The van der Waals surface area contributed by atoms with E-state index in [1.54, 1.807) is 17.0 Å². The van der Waals surface area contributed by atoms with Crippen molar-refractivity contribution in [3.8, 4) is 17.2 Å². The fraction of sp³-hybridized carbons (Fsp3) is 0.680. The third kappa shape index (κ3) is 7.49. The first-order valence-corrected chi connectivity index (χ1v) is 14.9. The average Bonchev–Trinajstić information content (AvgIpc) is 3.47. The Labute approximate surface area is 224 Å². The van der Waals surface area contributed by atoms with Gasteiger partial charge in [0, 0.05) is 38.1 Å². The number of ether oxygens (including phenoxy) is 3. The van der Waals surface area contributed by atoms with E-state index in [2.05, 4.69) is 11.6 Å². The molecule has 1 amide bonds. The van der Waals surface area contributed by atoms with Crippen LogP contribution in [0.4, 0.5) is 0 Å². The molecule has 0 saturated carbocycles. The van der Waals surface area contributed by atoms with Gasteiger partial charge < -0.3 is 30.0 Å². The molecule has 0 aliphatic carbocycles. The highest BCUT2D eigenvalue weighted by Crippen LogP contribution is 2.47. The Bertz CT molecular complexity index is 1080. The Hall–Kier alpha value is -2.61. The summed E-state index contributed by atoms with van der Waals surface area (Å²) in [6.45, 7) is 4.09. The van der Waals surface area contributed by atoms with Gasteiger partial charge in [-0.3, -0.25) is 14.5 Å². The number of carboxylic acids is 1. The average molecular weight is 557 g/mol. The molecule has 2 aliphatic heterocycles. The van der Waals surface area contributed by atoms with Crippen LogP contribution >= 0.6 is 0 Å². The third-order valence-electron chi connectivity index (χ3n) is 7.05. The molecule has 1 fully saturated rings. The van der Waals surface area contributed by atoms with E-state index < -0.39 is 33.9 Å². The zero-order valence-electron chi connectivity index (χ0n) is 22.3. The Morgan fingerprint density at radius 1 is 1.26 bits per heavy atom. The number of rotatable bonds is 15. The summed E-state index contributed by atoms with van der Waals surface area (Å²) < 4.78 is 42.3. The molecule has 4 N–H and O–H groups in total. The van der Waals surface area contributed by atoms with Gasteiger partial charge in [-0.1, -0.05) is 13.3 Å². The lowest BCUT2D eigenvalue weighted by Crippen LogP contribution is -2.45. The van der Waals surface area contributed by atoms with Crippen molar-refractivity contribution >= 4 is 21.9 Å². The second kappa shape index (κ2) is 13.5. The fourth-order valence-electron chi connectivity index (χ4n) is 5.21. The van der Waals surface area contributed by atoms with E-state index in [1.807, 2.05) is 4.90 Å². The number of sulfonamides is 1. The molecule has 2 heterocycles. The van der Waals surface area contributed by atoms with Crippen LogP contribution in [0.25, 0.3) is 0 Å². The van der Waals surface area contributed by atoms with E-state index in [0.717, 1.165) is 19.1 Å². The summed E-state index contributed by atoms with van der Waals surface area (Å²) in [5, 5.41) is 10.3. The first-order chi connectivity index (χ1) is 18.1. The van der Waals surface area contributed by atoms with Gasteiger partial charge in [-0.2, -0.15) is 0 Å². The molecule has 0 unspecified atom stereocenters. The number of hydrogen-bond donors (Lipinski definition) is 3. The predicted octanol–water partition coefficient (Wildman–Crippen LogP) is 0.809. The molecule has 1 aromatic carbocycles. The number of hydrogen-bond acceptors (Lipinski definition) is 9. The van der Waals surface area contributed by atoms with Gasteiger partial charge in [-0.25, -0.2) is 13.1 Å². The quantitative estimate of drug-likeness (QED) is 0.282. The Kier molecular flexibility index (Phi) is 10.6. The Balaban J connectivity index is 1.92. The molecule has 3 atom stereocenters. The summed E-state index contributed by atoms with van der Waals surface area (Å²) in [5.74, 6) is -1.11. The van der Waals surface area contributed by atoms with Gasteiger partial charge in [-0.05, 0) is 43.5 Å². The lowest BCUT2D eigenvalue weighted by Gasteiger charge is -2.29. The number of nitrogens with two attached hydrogens (primary N) is 1. The number of carboxylic acid groups (broad SMARTS) is 1. The van der Waals surface area contributed by atoms with Gasteiger partial charge in [0.15, 0.2) is 11.5 Å². The van der Waals surface area contributed by atoms with Crippen molar-refractivity contribution in [2.45, 2.75) is 44.6 Å². The van der Waals surface area contributed by atoms with Crippen molar-refractivity contribution < 1.29 is 37.3 Å². The maximum atomic E-state index is 13.4. The Morgan fingerprint density at radius 3 is 2.63 bits per heavy atom. The van der Waals surface area contributed by atoms with E-state index in [0.29, 0.717) is 55.4 Å². The molecule has 13 heteroatoms. The lowest BCUT2D eigenvalue weighted by atomic mass is 9.84. The van der Waals surface area contributed by atoms with Gasteiger partial charge in [0.25, 0.3) is 0 Å². The smallest absolute Gasteiger partial charge is 0.308 e. The second-order valence-electron chi connectivity index (χ2n) is 9.76. The van der Waals surface area contributed by atoms with Crippen molar-refractivity contribution in [3.05, 3.63) is 17.7 Å². The van der Waals surface area contributed by atoms with Crippen molar-refractivity contribution in [2.75, 3.05) is 59.4 Å². The number of benzene rings is 1. The van der Waals surface area contributed by atoms with Crippen LogP contribution < -0.4 is 24.7 Å². The van der Waals surface area contributed by atoms with E-state index in [-0.39, 0.29) is 32.2 Å². The summed E-state index contributed by atoms with van der Waals surface area (Å²) >= 11 is 0. The summed E-state index contributed by atoms with van der Waals surface area (Å²) in [6.07, 6.45) is 3.75. The molecule has 1 aromatic rings. The normalized spacial score (nSPS) is 21.0. The molecule has 0 bridgehead atoms. The monoisotopic (exact) mass is 556 g/mol. The fourth-order valence-corrected chi connectivity index (χ4v) is 5.70. The molecular formula is C25H40N4O8S. The van der Waals surface area contributed by atoms with Crippen LogP contribution in [-0.4, -0.2) is 101 Å². The van der Waals surface area contributed by atoms with Crippen LogP contribution in [0.2, 0.25) is 0 Å². The maximum Gasteiger partial charge on any atom is 0.308 e. The lowest BCUT2D eigenvalue weighted by molar-refractivity contribution is -0.143. The van der Waals surface area contributed by atoms with Gasteiger partial charge in [0.05, 0.1) is 25.8 Å². The van der Waals surface area contributed by atoms with Crippen LogP contribution in [0, 0.1) is 5.92 Å². The predicted molar refractivity (Wildman–Crippen MR) is 141 cm³/mol. The third-order valence-corrected chi connectivity index (χ3v) is 7.78. The number of carbonyl (C=O) groups is 2. The number of methoxy groups -OCH3 is 1. The number of unbranched alkanes of at least 4 members (excludes halogenated alkanes) is 1. The molecule has 2 aliphatic rings. The minimum absolute atomic E-state index is 0.0276. The number of carbonyl (C=O) groups excluding carboxylic acids is 1. The molecule has 3 rings (SSSR count). The molecular weight excluding hydrogens is 516 g/mol. The summed E-state index contributed by atoms with van der Waals surface area (Å²) in [5.41, 5.74) is 6.37. The topological polar surface area (TPSA) is 161 Å². The van der Waals surface area contributed by atoms with Crippen molar-refractivity contribution in [2.24, 2.45) is 11.7 Å². The van der Waals surface area contributed by atoms with Crippen molar-refractivity contribution in [1.82, 2.24) is 14.5 Å². The minimum Gasteiger partial charge on any atom is -0.493 e.